The van der Waals surface area contributed by atoms with Gasteiger partial charge in [0.05, 0.1) is 0 Å². The Labute approximate surface area is 118 Å². The van der Waals surface area contributed by atoms with Crippen LogP contribution in [0.1, 0.15) is 36.2 Å². The van der Waals surface area contributed by atoms with E-state index in [4.69, 9.17) is 16.0 Å². The summed E-state index contributed by atoms with van der Waals surface area (Å²) in [5.41, 5.74) is 0. The fourth-order valence-electron chi connectivity index (χ4n) is 2.71. The molecule has 1 aromatic rings. The van der Waals surface area contributed by atoms with Gasteiger partial charge in [-0.05, 0) is 68.4 Å². The summed E-state index contributed by atoms with van der Waals surface area (Å²) >= 11 is 5.75. The standard InChI is InChI=1S/C14H19ClN2O2/c15-13-6-5-12(19-13)14(18)17(11-3-4-11)9-10-2-1-7-16-8-10/h5-6,10-11,16H,1-4,7-9H2. The van der Waals surface area contributed by atoms with Crippen molar-refractivity contribution in [1.82, 2.24) is 10.2 Å². The summed E-state index contributed by atoms with van der Waals surface area (Å²) in [4.78, 5) is 14.4. The Morgan fingerprint density at radius 3 is 2.84 bits per heavy atom. The van der Waals surface area contributed by atoms with Crippen LogP contribution in [0.2, 0.25) is 5.22 Å². The molecule has 1 unspecified atom stereocenters. The van der Waals surface area contributed by atoms with E-state index in [1.54, 1.807) is 12.1 Å². The number of carbonyl (C=O) groups is 1. The van der Waals surface area contributed by atoms with Gasteiger partial charge in [0.2, 0.25) is 0 Å². The normalized spacial score (nSPS) is 23.3. The van der Waals surface area contributed by atoms with Crippen LogP contribution in [0.25, 0.3) is 0 Å². The molecule has 2 fully saturated rings. The van der Waals surface area contributed by atoms with Gasteiger partial charge in [-0.25, -0.2) is 0 Å². The number of piperidine rings is 1. The second kappa shape index (κ2) is 5.55. The van der Waals surface area contributed by atoms with Gasteiger partial charge >= 0.3 is 0 Å². The molecule has 1 aromatic heterocycles. The maximum atomic E-state index is 12.5. The molecular formula is C14H19ClN2O2. The van der Waals surface area contributed by atoms with Crippen LogP contribution < -0.4 is 5.32 Å². The third-order valence-corrected chi connectivity index (χ3v) is 4.09. The Bertz CT molecular complexity index is 450. The summed E-state index contributed by atoms with van der Waals surface area (Å²) in [5, 5.41) is 3.68. The molecule has 1 atom stereocenters. The Kier molecular flexibility index (Phi) is 3.80. The number of furan rings is 1. The first kappa shape index (κ1) is 13.0. The highest BCUT2D eigenvalue weighted by atomic mass is 35.5. The maximum Gasteiger partial charge on any atom is 0.289 e. The molecule has 0 radical (unpaired) electrons. The zero-order valence-corrected chi connectivity index (χ0v) is 11.7. The number of hydrogen-bond acceptors (Lipinski definition) is 3. The van der Waals surface area contributed by atoms with Crippen molar-refractivity contribution in [2.45, 2.75) is 31.7 Å². The van der Waals surface area contributed by atoms with Crippen molar-refractivity contribution in [3.63, 3.8) is 0 Å². The Balaban J connectivity index is 1.68. The summed E-state index contributed by atoms with van der Waals surface area (Å²) in [6.45, 7) is 2.94. The second-order valence-corrected chi connectivity index (χ2v) is 5.88. The molecule has 0 bridgehead atoms. The lowest BCUT2D eigenvalue weighted by molar-refractivity contribution is 0.0672. The zero-order valence-electron chi connectivity index (χ0n) is 10.9. The van der Waals surface area contributed by atoms with Crippen molar-refractivity contribution in [2.24, 2.45) is 5.92 Å². The van der Waals surface area contributed by atoms with E-state index in [-0.39, 0.29) is 11.1 Å². The quantitative estimate of drug-likeness (QED) is 0.923. The van der Waals surface area contributed by atoms with E-state index >= 15 is 0 Å². The van der Waals surface area contributed by atoms with Crippen LogP contribution >= 0.6 is 11.6 Å². The van der Waals surface area contributed by atoms with Crippen molar-refractivity contribution in [2.75, 3.05) is 19.6 Å². The lowest BCUT2D eigenvalue weighted by Gasteiger charge is -2.29. The summed E-state index contributed by atoms with van der Waals surface area (Å²) in [6, 6.07) is 3.69. The van der Waals surface area contributed by atoms with Crippen LogP contribution in [-0.4, -0.2) is 36.5 Å². The van der Waals surface area contributed by atoms with Crippen molar-refractivity contribution >= 4 is 17.5 Å². The van der Waals surface area contributed by atoms with Gasteiger partial charge in [-0.15, -0.1) is 0 Å². The molecule has 1 saturated carbocycles. The number of rotatable bonds is 4. The minimum Gasteiger partial charge on any atom is -0.440 e. The number of halogens is 1. The van der Waals surface area contributed by atoms with E-state index < -0.39 is 0 Å². The van der Waals surface area contributed by atoms with Gasteiger partial charge in [0, 0.05) is 12.6 Å². The van der Waals surface area contributed by atoms with Crippen LogP contribution in [0.5, 0.6) is 0 Å². The van der Waals surface area contributed by atoms with E-state index in [9.17, 15) is 4.79 Å². The SMILES string of the molecule is O=C(c1ccc(Cl)o1)N(CC1CCCNC1)C1CC1. The molecule has 1 aliphatic carbocycles. The Hall–Kier alpha value is -1.00. The van der Waals surface area contributed by atoms with Crippen LogP contribution in [0, 0.1) is 5.92 Å². The first-order chi connectivity index (χ1) is 9.24. The number of amides is 1. The average Bonchev–Trinajstić information content (AvgIpc) is 3.18. The summed E-state index contributed by atoms with van der Waals surface area (Å²) in [7, 11) is 0. The molecular weight excluding hydrogens is 264 g/mol. The monoisotopic (exact) mass is 282 g/mol. The fourth-order valence-corrected chi connectivity index (χ4v) is 2.86. The van der Waals surface area contributed by atoms with E-state index in [0.29, 0.717) is 17.7 Å². The number of hydrogen-bond donors (Lipinski definition) is 1. The third-order valence-electron chi connectivity index (χ3n) is 3.89. The maximum absolute atomic E-state index is 12.5. The molecule has 19 heavy (non-hydrogen) atoms. The highest BCUT2D eigenvalue weighted by Gasteiger charge is 2.35. The minimum atomic E-state index is -0.0139. The highest BCUT2D eigenvalue weighted by molar-refractivity contribution is 6.29. The Morgan fingerprint density at radius 1 is 1.42 bits per heavy atom. The lowest BCUT2D eigenvalue weighted by atomic mass is 9.99. The predicted octanol–water partition coefficient (Wildman–Crippen LogP) is 2.54. The van der Waals surface area contributed by atoms with Crippen LogP contribution in [0.3, 0.4) is 0 Å². The van der Waals surface area contributed by atoms with Crippen molar-refractivity contribution in [3.8, 4) is 0 Å². The lowest BCUT2D eigenvalue weighted by Crippen LogP contribution is -2.42. The molecule has 4 nitrogen and oxygen atoms in total. The first-order valence-corrected chi connectivity index (χ1v) is 7.39. The predicted molar refractivity (Wildman–Crippen MR) is 73.4 cm³/mol. The summed E-state index contributed by atoms with van der Waals surface area (Å²) in [6.07, 6.45) is 4.62. The van der Waals surface area contributed by atoms with Crippen molar-refractivity contribution < 1.29 is 9.21 Å². The molecule has 0 aromatic carbocycles. The Morgan fingerprint density at radius 2 is 2.26 bits per heavy atom. The van der Waals surface area contributed by atoms with Crippen LogP contribution in [-0.2, 0) is 0 Å². The first-order valence-electron chi connectivity index (χ1n) is 7.01. The van der Waals surface area contributed by atoms with E-state index in [2.05, 4.69) is 5.32 Å². The van der Waals surface area contributed by atoms with E-state index in [1.807, 2.05) is 4.90 Å². The molecule has 1 saturated heterocycles. The molecule has 0 spiro atoms. The van der Waals surface area contributed by atoms with Gasteiger partial charge in [0.1, 0.15) is 0 Å². The van der Waals surface area contributed by atoms with Crippen LogP contribution in [0.15, 0.2) is 16.5 Å². The minimum absolute atomic E-state index is 0.0139. The van der Waals surface area contributed by atoms with Gasteiger partial charge in [-0.3, -0.25) is 4.79 Å². The molecule has 1 amide bonds. The molecule has 3 rings (SSSR count). The largest absolute Gasteiger partial charge is 0.440 e. The smallest absolute Gasteiger partial charge is 0.289 e. The van der Waals surface area contributed by atoms with Crippen molar-refractivity contribution in [3.05, 3.63) is 23.1 Å². The summed E-state index contributed by atoms with van der Waals surface area (Å²) < 4.78 is 5.25. The molecule has 2 heterocycles. The topological polar surface area (TPSA) is 45.5 Å². The number of nitrogens with zero attached hydrogens (tertiary/aromatic N) is 1. The van der Waals surface area contributed by atoms with Gasteiger partial charge < -0.3 is 14.6 Å². The highest BCUT2D eigenvalue weighted by Crippen LogP contribution is 2.30. The average molecular weight is 283 g/mol. The molecule has 1 N–H and O–H groups in total. The number of nitrogens with one attached hydrogen (secondary N) is 1. The van der Waals surface area contributed by atoms with Crippen LogP contribution in [0.4, 0.5) is 0 Å². The molecule has 2 aliphatic rings. The number of carbonyl (C=O) groups excluding carboxylic acids is 1. The van der Waals surface area contributed by atoms with Gasteiger partial charge in [-0.1, -0.05) is 0 Å². The van der Waals surface area contributed by atoms with Crippen molar-refractivity contribution in [1.29, 1.82) is 0 Å². The molecule has 5 heteroatoms. The van der Waals surface area contributed by atoms with E-state index in [0.717, 1.165) is 32.5 Å². The molecule has 1 aliphatic heterocycles. The fraction of sp³-hybridized carbons (Fsp3) is 0.643. The third kappa shape index (κ3) is 3.12. The zero-order chi connectivity index (χ0) is 13.2. The van der Waals surface area contributed by atoms with Gasteiger partial charge in [-0.2, -0.15) is 0 Å². The molecule has 104 valence electrons. The van der Waals surface area contributed by atoms with E-state index in [1.165, 1.54) is 12.8 Å². The summed E-state index contributed by atoms with van der Waals surface area (Å²) in [5.74, 6) is 0.907. The van der Waals surface area contributed by atoms with Gasteiger partial charge in [0.15, 0.2) is 11.0 Å². The second-order valence-electron chi connectivity index (χ2n) is 5.50. The van der Waals surface area contributed by atoms with Gasteiger partial charge in [0.25, 0.3) is 5.91 Å².